The Kier molecular flexibility index (Phi) is 7.97. The molecule has 9 aromatic rings. The molecule has 58 heavy (non-hydrogen) atoms. The zero-order chi connectivity index (χ0) is 38.6. The number of fused-ring (bicyclic) bond motifs is 9. The van der Waals surface area contributed by atoms with Gasteiger partial charge in [-0.1, -0.05) is 194 Å². The largest absolute Gasteiger partial charge is 0.245 e. The third-order valence-corrected chi connectivity index (χ3v) is 12.3. The van der Waals surface area contributed by atoms with Crippen LogP contribution in [0.15, 0.2) is 222 Å². The number of hydrogen-bond acceptors (Lipinski definition) is 1. The van der Waals surface area contributed by atoms with Gasteiger partial charge in [0.15, 0.2) is 5.84 Å². The Morgan fingerprint density at radius 1 is 0.431 bits per heavy atom. The predicted octanol–water partition coefficient (Wildman–Crippen LogP) is 13.8. The smallest absolute Gasteiger partial charge is 0.159 e. The molecule has 1 spiro atoms. The molecule has 2 nitrogen and oxygen atoms in total. The van der Waals surface area contributed by atoms with Crippen molar-refractivity contribution in [2.24, 2.45) is 9.98 Å². The fourth-order valence-electron chi connectivity index (χ4n) is 9.68. The minimum Gasteiger partial charge on any atom is -0.245 e. The first-order valence-corrected chi connectivity index (χ1v) is 20.0. The van der Waals surface area contributed by atoms with Crippen LogP contribution in [0, 0.1) is 0 Å². The highest BCUT2D eigenvalue weighted by Gasteiger charge is 2.53. The molecule has 0 aromatic heterocycles. The summed E-state index contributed by atoms with van der Waals surface area (Å²) in [5, 5.41) is 4.98. The molecular formula is C56H38N2. The van der Waals surface area contributed by atoms with Gasteiger partial charge in [-0.05, 0) is 108 Å². The molecule has 0 unspecified atom stereocenters. The maximum atomic E-state index is 5.56. The third kappa shape index (κ3) is 5.26. The minimum absolute atomic E-state index is 0.595. The molecule has 2 aliphatic rings. The van der Waals surface area contributed by atoms with Crippen molar-refractivity contribution in [3.05, 3.63) is 245 Å². The highest BCUT2D eigenvalue weighted by molar-refractivity contribution is 6.06. The lowest BCUT2D eigenvalue weighted by Gasteiger charge is -2.33. The molecule has 0 atom stereocenters. The van der Waals surface area contributed by atoms with Gasteiger partial charge in [-0.25, -0.2) is 9.98 Å². The second kappa shape index (κ2) is 13.7. The molecular weight excluding hydrogens is 701 g/mol. The van der Waals surface area contributed by atoms with Crippen molar-refractivity contribution in [3.8, 4) is 33.4 Å². The maximum absolute atomic E-state index is 5.56. The predicted molar refractivity (Wildman–Crippen MR) is 244 cm³/mol. The third-order valence-electron chi connectivity index (χ3n) is 12.3. The van der Waals surface area contributed by atoms with Crippen LogP contribution in [-0.2, 0) is 11.8 Å². The molecule has 0 fully saturated rings. The molecule has 0 N–H and O–H groups in total. The number of nitrogens with zero attached hydrogens (tertiary/aromatic N) is 2. The lowest BCUT2D eigenvalue weighted by Crippen LogP contribution is -2.28. The summed E-state index contributed by atoms with van der Waals surface area (Å²) in [5.74, 6) is 0.613. The summed E-state index contributed by atoms with van der Waals surface area (Å²) < 4.78 is 0. The van der Waals surface area contributed by atoms with E-state index in [0.29, 0.717) is 12.3 Å². The first-order chi connectivity index (χ1) is 28.7. The van der Waals surface area contributed by atoms with E-state index in [2.05, 4.69) is 200 Å². The van der Waals surface area contributed by atoms with E-state index in [4.69, 9.17) is 4.99 Å². The number of aliphatic imine (C=N–C) groups is 2. The maximum Gasteiger partial charge on any atom is 0.159 e. The van der Waals surface area contributed by atoms with Crippen LogP contribution in [0.3, 0.4) is 0 Å². The summed E-state index contributed by atoms with van der Waals surface area (Å²) in [4.78, 5) is 10.1. The number of amidine groups is 1. The van der Waals surface area contributed by atoms with E-state index in [-0.39, 0.29) is 0 Å². The van der Waals surface area contributed by atoms with E-state index in [9.17, 15) is 0 Å². The van der Waals surface area contributed by atoms with E-state index in [1.807, 2.05) is 18.2 Å². The Balaban J connectivity index is 1.16. The molecule has 9 aromatic carbocycles. The van der Waals surface area contributed by atoms with E-state index < -0.39 is 5.41 Å². The summed E-state index contributed by atoms with van der Waals surface area (Å²) in [6.45, 7) is 4.04. The van der Waals surface area contributed by atoms with Crippen molar-refractivity contribution in [2.45, 2.75) is 11.8 Å². The molecule has 272 valence electrons. The molecule has 2 aliphatic carbocycles. The van der Waals surface area contributed by atoms with Crippen molar-refractivity contribution in [3.63, 3.8) is 0 Å². The zero-order valence-electron chi connectivity index (χ0n) is 31.9. The van der Waals surface area contributed by atoms with E-state index in [1.54, 1.807) is 0 Å². The minimum atomic E-state index is -0.595. The Morgan fingerprint density at radius 2 is 1.00 bits per heavy atom. The van der Waals surface area contributed by atoms with Crippen LogP contribution in [0.4, 0.5) is 0 Å². The molecule has 0 heterocycles. The van der Waals surface area contributed by atoms with E-state index in [0.717, 1.165) is 16.8 Å². The first-order valence-electron chi connectivity index (χ1n) is 20.0. The highest BCUT2D eigenvalue weighted by atomic mass is 14.9. The average Bonchev–Trinajstić information content (AvgIpc) is 3.74. The standard InChI is InChI=1S/C56H38N2/c1-57-55(41-16-3-2-4-17-41)58-54-49-33-32-44(39-28-26-38(27-29-39)43-31-30-37-14-5-6-18-42(37)34-43)35-52(49)56(50-24-11-9-22-47(50)48-23-10-12-25-51(48)56)53(54)36-45-20-13-19-40-15-7-8-21-46(40)45/h2-35H,1,36H2/b58-55-. The van der Waals surface area contributed by atoms with Gasteiger partial charge in [0.1, 0.15) is 0 Å². The van der Waals surface area contributed by atoms with Crippen LogP contribution in [0.2, 0.25) is 0 Å². The molecule has 11 rings (SSSR count). The zero-order valence-corrected chi connectivity index (χ0v) is 31.9. The summed E-state index contributed by atoms with van der Waals surface area (Å²) in [7, 11) is 0. The van der Waals surface area contributed by atoms with Crippen molar-refractivity contribution >= 4 is 39.8 Å². The Labute approximate surface area is 338 Å². The van der Waals surface area contributed by atoms with Gasteiger partial charge in [-0.2, -0.15) is 0 Å². The van der Waals surface area contributed by atoms with Gasteiger partial charge in [0, 0.05) is 11.1 Å². The van der Waals surface area contributed by atoms with Crippen LogP contribution in [-0.4, -0.2) is 12.6 Å². The molecule has 0 saturated carbocycles. The fourth-order valence-corrected chi connectivity index (χ4v) is 9.68. The fraction of sp³-hybridized carbons (Fsp3) is 0.0357. The molecule has 0 bridgehead atoms. The number of benzene rings is 9. The number of rotatable bonds is 6. The second-order valence-corrected chi connectivity index (χ2v) is 15.3. The summed E-state index contributed by atoms with van der Waals surface area (Å²) in [5.41, 5.74) is 16.0. The molecule has 0 saturated heterocycles. The number of hydrogen-bond donors (Lipinski definition) is 0. The Hall–Kier alpha value is -7.42. The normalized spacial score (nSPS) is 13.8. The van der Waals surface area contributed by atoms with Gasteiger partial charge >= 0.3 is 0 Å². The van der Waals surface area contributed by atoms with Crippen molar-refractivity contribution in [1.29, 1.82) is 0 Å². The van der Waals surface area contributed by atoms with Crippen molar-refractivity contribution < 1.29 is 0 Å². The summed E-state index contributed by atoms with van der Waals surface area (Å²) >= 11 is 0. The second-order valence-electron chi connectivity index (χ2n) is 15.3. The van der Waals surface area contributed by atoms with Gasteiger partial charge in [-0.3, -0.25) is 0 Å². The van der Waals surface area contributed by atoms with E-state index in [1.165, 1.54) is 82.8 Å². The molecule has 0 aliphatic heterocycles. The molecule has 0 amide bonds. The SMILES string of the molecule is C=N/C(=N\C1=C(Cc2cccc3ccccc23)C2(c3cc(-c4ccc(-c5ccc6ccccc6c5)cc4)ccc31)c1ccccc1-c1ccccc12)c1ccccc1. The first kappa shape index (κ1) is 33.9. The Morgan fingerprint density at radius 3 is 1.72 bits per heavy atom. The average molecular weight is 739 g/mol. The topological polar surface area (TPSA) is 24.7 Å². The monoisotopic (exact) mass is 738 g/mol. The lowest BCUT2D eigenvalue weighted by molar-refractivity contribution is 0.741. The molecule has 2 heteroatoms. The van der Waals surface area contributed by atoms with Crippen LogP contribution in [0.25, 0.3) is 60.6 Å². The Bertz CT molecular complexity index is 3100. The van der Waals surface area contributed by atoms with Gasteiger partial charge in [0.05, 0.1) is 11.1 Å². The van der Waals surface area contributed by atoms with Gasteiger partial charge in [0.2, 0.25) is 0 Å². The van der Waals surface area contributed by atoms with Gasteiger partial charge < -0.3 is 0 Å². The van der Waals surface area contributed by atoms with Crippen LogP contribution in [0.5, 0.6) is 0 Å². The quantitative estimate of drug-likeness (QED) is 0.120. The summed E-state index contributed by atoms with van der Waals surface area (Å²) in [6.07, 6.45) is 0.701. The summed E-state index contributed by atoms with van der Waals surface area (Å²) in [6, 6.07) is 74.9. The van der Waals surface area contributed by atoms with Gasteiger partial charge in [0.25, 0.3) is 0 Å². The van der Waals surface area contributed by atoms with Gasteiger partial charge in [-0.15, -0.1) is 0 Å². The lowest BCUT2D eigenvalue weighted by atomic mass is 9.68. The van der Waals surface area contributed by atoms with Crippen LogP contribution in [0.1, 0.15) is 33.4 Å². The van der Waals surface area contributed by atoms with Crippen molar-refractivity contribution in [1.82, 2.24) is 0 Å². The molecule has 0 radical (unpaired) electrons. The van der Waals surface area contributed by atoms with Crippen LogP contribution < -0.4 is 0 Å². The highest BCUT2D eigenvalue weighted by Crippen LogP contribution is 2.63. The van der Waals surface area contributed by atoms with Crippen molar-refractivity contribution in [2.75, 3.05) is 0 Å². The van der Waals surface area contributed by atoms with E-state index >= 15 is 0 Å². The number of allylic oxidation sites excluding steroid dienone is 1. The van der Waals surface area contributed by atoms with Crippen LogP contribution >= 0.6 is 0 Å².